The molecule has 0 N–H and O–H groups in total. The molecule has 0 aliphatic rings. The predicted octanol–water partition coefficient (Wildman–Crippen LogP) is 3.25. The fourth-order valence-corrected chi connectivity index (χ4v) is 1.83. The maximum absolute atomic E-state index is 12.2. The van der Waals surface area contributed by atoms with Crippen molar-refractivity contribution in [3.8, 4) is 11.8 Å². The van der Waals surface area contributed by atoms with E-state index >= 15 is 0 Å². The molecule has 0 atom stereocenters. The number of hydrogen-bond acceptors (Lipinski definition) is 3. The minimum Gasteiger partial charge on any atom is -0.404 e. The first-order chi connectivity index (χ1) is 7.89. The van der Waals surface area contributed by atoms with E-state index in [1.807, 2.05) is 0 Å². The van der Waals surface area contributed by atoms with E-state index in [0.717, 1.165) is 0 Å². The van der Waals surface area contributed by atoms with Crippen molar-refractivity contribution in [3.05, 3.63) is 23.0 Å². The van der Waals surface area contributed by atoms with Crippen LogP contribution in [-0.2, 0) is 11.8 Å². The summed E-state index contributed by atoms with van der Waals surface area (Å²) in [7, 11) is 0. The van der Waals surface area contributed by atoms with Gasteiger partial charge in [-0.2, -0.15) is 5.26 Å². The zero-order chi connectivity index (χ0) is 13.1. The number of ether oxygens (including phenoxy) is 1. The molecule has 0 aromatic carbocycles. The minimum atomic E-state index is -4.79. The quantitative estimate of drug-likeness (QED) is 0.805. The Morgan fingerprint density at radius 1 is 1.53 bits per heavy atom. The number of pyridine rings is 1. The van der Waals surface area contributed by atoms with Gasteiger partial charge in [0.15, 0.2) is 5.75 Å². The van der Waals surface area contributed by atoms with E-state index in [4.69, 9.17) is 5.26 Å². The van der Waals surface area contributed by atoms with Crippen LogP contribution in [0.3, 0.4) is 0 Å². The van der Waals surface area contributed by atoms with E-state index in [0.29, 0.717) is 16.5 Å². The molecule has 1 rings (SSSR count). The largest absolute Gasteiger partial charge is 0.573 e. The van der Waals surface area contributed by atoms with Gasteiger partial charge in [0.05, 0.1) is 18.2 Å². The average molecular weight is 309 g/mol. The van der Waals surface area contributed by atoms with Gasteiger partial charge in [-0.05, 0) is 18.1 Å². The summed E-state index contributed by atoms with van der Waals surface area (Å²) in [6, 6.07) is 1.75. The van der Waals surface area contributed by atoms with E-state index in [-0.39, 0.29) is 17.9 Å². The Bertz CT molecular complexity index is 454. The van der Waals surface area contributed by atoms with Crippen molar-refractivity contribution in [1.29, 1.82) is 5.26 Å². The Labute approximate surface area is 104 Å². The van der Waals surface area contributed by atoms with Gasteiger partial charge in [-0.25, -0.2) is 0 Å². The number of alkyl halides is 4. The Morgan fingerprint density at radius 2 is 2.18 bits per heavy atom. The second kappa shape index (κ2) is 5.36. The number of halogens is 4. The van der Waals surface area contributed by atoms with Gasteiger partial charge in [0.1, 0.15) is 0 Å². The summed E-state index contributed by atoms with van der Waals surface area (Å²) in [6.45, 7) is 1.50. The fourth-order valence-electron chi connectivity index (χ4n) is 1.26. The van der Waals surface area contributed by atoms with Crippen molar-refractivity contribution < 1.29 is 17.9 Å². The summed E-state index contributed by atoms with van der Waals surface area (Å²) in [5.41, 5.74) is 0.914. The lowest BCUT2D eigenvalue weighted by atomic mass is 10.1. The Hall–Kier alpha value is -1.29. The number of aromatic nitrogens is 1. The number of rotatable bonds is 3. The summed E-state index contributed by atoms with van der Waals surface area (Å²) < 4.78 is 40.6. The maximum atomic E-state index is 12.2. The molecule has 0 unspecified atom stereocenters. The molecule has 0 aliphatic heterocycles. The average Bonchev–Trinajstić information content (AvgIpc) is 2.22. The Kier molecular flexibility index (Phi) is 4.34. The van der Waals surface area contributed by atoms with Crippen LogP contribution in [-0.4, -0.2) is 11.3 Å². The summed E-state index contributed by atoms with van der Waals surface area (Å²) in [6.07, 6.45) is -3.59. The molecule has 3 nitrogen and oxygen atoms in total. The molecule has 0 radical (unpaired) electrons. The highest BCUT2D eigenvalue weighted by atomic mass is 79.9. The van der Waals surface area contributed by atoms with E-state index in [1.165, 1.54) is 13.1 Å². The van der Waals surface area contributed by atoms with Crippen molar-refractivity contribution in [2.45, 2.75) is 25.0 Å². The standard InChI is InChI=1S/C10H8BrF3N2O/c1-6-7(4-11)5-16-8(2-3-15)9(6)17-10(12,13)14/h5H,2,4H2,1H3. The molecule has 0 amide bonds. The van der Waals surface area contributed by atoms with E-state index < -0.39 is 6.36 Å². The fraction of sp³-hybridized carbons (Fsp3) is 0.400. The lowest BCUT2D eigenvalue weighted by molar-refractivity contribution is -0.275. The van der Waals surface area contributed by atoms with Gasteiger partial charge in [-0.3, -0.25) is 4.98 Å². The molecule has 1 heterocycles. The van der Waals surface area contributed by atoms with Crippen molar-refractivity contribution >= 4 is 15.9 Å². The molecule has 1 aromatic rings. The number of nitrogens with zero attached hydrogens (tertiary/aromatic N) is 2. The van der Waals surface area contributed by atoms with Crippen molar-refractivity contribution in [2.24, 2.45) is 0 Å². The topological polar surface area (TPSA) is 45.9 Å². The van der Waals surface area contributed by atoms with Gasteiger partial charge >= 0.3 is 6.36 Å². The highest BCUT2D eigenvalue weighted by Crippen LogP contribution is 2.31. The lowest BCUT2D eigenvalue weighted by Crippen LogP contribution is -2.19. The molecule has 92 valence electrons. The van der Waals surface area contributed by atoms with Gasteiger partial charge in [0.25, 0.3) is 0 Å². The number of nitriles is 1. The van der Waals surface area contributed by atoms with Crippen LogP contribution < -0.4 is 4.74 Å². The van der Waals surface area contributed by atoms with Crippen LogP contribution in [0.25, 0.3) is 0 Å². The molecule has 0 aliphatic carbocycles. The molecule has 7 heteroatoms. The molecule has 0 bridgehead atoms. The predicted molar refractivity (Wildman–Crippen MR) is 57.6 cm³/mol. The molecular weight excluding hydrogens is 301 g/mol. The summed E-state index contributed by atoms with van der Waals surface area (Å²) >= 11 is 3.14. The van der Waals surface area contributed by atoms with Gasteiger partial charge in [-0.1, -0.05) is 15.9 Å². The third kappa shape index (κ3) is 3.60. The minimum absolute atomic E-state index is 0.00738. The zero-order valence-electron chi connectivity index (χ0n) is 8.81. The smallest absolute Gasteiger partial charge is 0.404 e. The third-order valence-corrected chi connectivity index (χ3v) is 2.67. The molecule has 0 saturated carbocycles. The van der Waals surface area contributed by atoms with Gasteiger partial charge in [0, 0.05) is 11.5 Å². The molecule has 1 aromatic heterocycles. The van der Waals surface area contributed by atoms with Crippen LogP contribution in [0.5, 0.6) is 5.75 Å². The second-order valence-corrected chi connectivity index (χ2v) is 3.76. The first-order valence-corrected chi connectivity index (χ1v) is 5.67. The molecule has 17 heavy (non-hydrogen) atoms. The Morgan fingerprint density at radius 3 is 2.65 bits per heavy atom. The van der Waals surface area contributed by atoms with Crippen LogP contribution >= 0.6 is 15.9 Å². The normalized spacial score (nSPS) is 11.1. The summed E-state index contributed by atoms with van der Waals surface area (Å²) in [5.74, 6) is -0.379. The molecular formula is C10H8BrF3N2O. The maximum Gasteiger partial charge on any atom is 0.573 e. The molecule has 0 fully saturated rings. The van der Waals surface area contributed by atoms with Crippen LogP contribution in [0.15, 0.2) is 6.20 Å². The molecule has 0 spiro atoms. The summed E-state index contributed by atoms with van der Waals surface area (Å²) in [4.78, 5) is 3.81. The Balaban J connectivity index is 3.25. The highest BCUT2D eigenvalue weighted by Gasteiger charge is 2.33. The lowest BCUT2D eigenvalue weighted by Gasteiger charge is -2.15. The summed E-state index contributed by atoms with van der Waals surface area (Å²) in [5, 5.41) is 8.89. The van der Waals surface area contributed by atoms with Crippen molar-refractivity contribution in [2.75, 3.05) is 0 Å². The zero-order valence-corrected chi connectivity index (χ0v) is 10.4. The first kappa shape index (κ1) is 13.8. The van der Waals surface area contributed by atoms with Gasteiger partial charge in [-0.15, -0.1) is 13.2 Å². The molecule has 0 saturated heterocycles. The van der Waals surface area contributed by atoms with E-state index in [9.17, 15) is 13.2 Å². The first-order valence-electron chi connectivity index (χ1n) is 4.55. The van der Waals surface area contributed by atoms with E-state index in [2.05, 4.69) is 25.7 Å². The van der Waals surface area contributed by atoms with Gasteiger partial charge < -0.3 is 4.74 Å². The van der Waals surface area contributed by atoms with Crippen LogP contribution in [0.2, 0.25) is 0 Å². The van der Waals surface area contributed by atoms with Crippen LogP contribution in [0, 0.1) is 18.3 Å². The van der Waals surface area contributed by atoms with E-state index in [1.54, 1.807) is 6.07 Å². The third-order valence-electron chi connectivity index (χ3n) is 2.07. The van der Waals surface area contributed by atoms with Crippen LogP contribution in [0.1, 0.15) is 16.8 Å². The number of hydrogen-bond donors (Lipinski definition) is 0. The van der Waals surface area contributed by atoms with Gasteiger partial charge in [0.2, 0.25) is 0 Å². The van der Waals surface area contributed by atoms with Crippen LogP contribution in [0.4, 0.5) is 13.2 Å². The highest BCUT2D eigenvalue weighted by molar-refractivity contribution is 9.08. The monoisotopic (exact) mass is 308 g/mol. The van der Waals surface area contributed by atoms with Crippen molar-refractivity contribution in [1.82, 2.24) is 4.98 Å². The SMILES string of the molecule is Cc1c(CBr)cnc(CC#N)c1OC(F)(F)F. The van der Waals surface area contributed by atoms with Crippen molar-refractivity contribution in [3.63, 3.8) is 0 Å². The second-order valence-electron chi connectivity index (χ2n) is 3.20.